The molecule has 2 nitrogen and oxygen atoms in total. The Morgan fingerprint density at radius 3 is 2.57 bits per heavy atom. The maximum Gasteiger partial charge on any atom is 0.302 e. The van der Waals surface area contributed by atoms with E-state index in [9.17, 15) is 4.79 Å². The second-order valence-electron chi connectivity index (χ2n) is 3.49. The lowest BCUT2D eigenvalue weighted by Crippen LogP contribution is -2.13. The van der Waals surface area contributed by atoms with Crippen molar-refractivity contribution >= 4 is 5.97 Å². The third-order valence-electron chi connectivity index (χ3n) is 2.08. The summed E-state index contributed by atoms with van der Waals surface area (Å²) in [6.07, 6.45) is 9.68. The molecule has 0 saturated carbocycles. The average Bonchev–Trinajstić information content (AvgIpc) is 2.15. The SMILES string of the molecule is CCCC/C=C\CC(CC)OC(C)=O. The molecule has 1 atom stereocenters. The molecule has 0 aromatic heterocycles. The summed E-state index contributed by atoms with van der Waals surface area (Å²) in [6, 6.07) is 0. The zero-order chi connectivity index (χ0) is 10.8. The molecule has 0 aromatic carbocycles. The zero-order valence-corrected chi connectivity index (χ0v) is 9.58. The largest absolute Gasteiger partial charge is 0.462 e. The molecule has 2 heteroatoms. The van der Waals surface area contributed by atoms with Crippen molar-refractivity contribution in [3.8, 4) is 0 Å². The van der Waals surface area contributed by atoms with Gasteiger partial charge in [-0.05, 0) is 12.8 Å². The molecule has 0 spiro atoms. The number of carbonyl (C=O) groups is 1. The number of hydrogen-bond donors (Lipinski definition) is 0. The van der Waals surface area contributed by atoms with Crippen LogP contribution in [0.15, 0.2) is 12.2 Å². The summed E-state index contributed by atoms with van der Waals surface area (Å²) < 4.78 is 5.12. The third-order valence-corrected chi connectivity index (χ3v) is 2.08. The molecule has 0 rings (SSSR count). The second kappa shape index (κ2) is 8.79. The van der Waals surface area contributed by atoms with E-state index in [1.165, 1.54) is 19.8 Å². The number of esters is 1. The minimum absolute atomic E-state index is 0.0605. The Morgan fingerprint density at radius 2 is 2.07 bits per heavy atom. The minimum atomic E-state index is -0.182. The van der Waals surface area contributed by atoms with E-state index in [4.69, 9.17) is 4.74 Å². The van der Waals surface area contributed by atoms with Crippen molar-refractivity contribution in [1.82, 2.24) is 0 Å². The van der Waals surface area contributed by atoms with E-state index in [0.717, 1.165) is 19.3 Å². The molecule has 0 amide bonds. The van der Waals surface area contributed by atoms with Gasteiger partial charge < -0.3 is 4.74 Å². The van der Waals surface area contributed by atoms with Gasteiger partial charge in [0.2, 0.25) is 0 Å². The monoisotopic (exact) mass is 198 g/mol. The van der Waals surface area contributed by atoms with Crippen molar-refractivity contribution in [2.24, 2.45) is 0 Å². The quantitative estimate of drug-likeness (QED) is 0.356. The van der Waals surface area contributed by atoms with Crippen LogP contribution in [0.25, 0.3) is 0 Å². The van der Waals surface area contributed by atoms with Crippen LogP contribution in [0.4, 0.5) is 0 Å². The van der Waals surface area contributed by atoms with Crippen molar-refractivity contribution in [2.75, 3.05) is 0 Å². The molecular weight excluding hydrogens is 176 g/mol. The summed E-state index contributed by atoms with van der Waals surface area (Å²) in [7, 11) is 0. The Labute approximate surface area is 87.3 Å². The van der Waals surface area contributed by atoms with Crippen molar-refractivity contribution in [3.05, 3.63) is 12.2 Å². The molecule has 1 unspecified atom stereocenters. The van der Waals surface area contributed by atoms with Gasteiger partial charge in [0.1, 0.15) is 6.10 Å². The average molecular weight is 198 g/mol. The van der Waals surface area contributed by atoms with E-state index in [2.05, 4.69) is 19.1 Å². The van der Waals surface area contributed by atoms with Crippen LogP contribution in [0.2, 0.25) is 0 Å². The molecule has 0 aliphatic carbocycles. The molecule has 0 aliphatic heterocycles. The van der Waals surface area contributed by atoms with E-state index in [-0.39, 0.29) is 12.1 Å². The van der Waals surface area contributed by atoms with Crippen molar-refractivity contribution in [2.45, 2.75) is 59.0 Å². The molecule has 0 aliphatic rings. The Morgan fingerprint density at radius 1 is 1.36 bits per heavy atom. The lowest BCUT2D eigenvalue weighted by Gasteiger charge is -2.12. The van der Waals surface area contributed by atoms with Gasteiger partial charge in [0.15, 0.2) is 0 Å². The van der Waals surface area contributed by atoms with Crippen LogP contribution >= 0.6 is 0 Å². The summed E-state index contributed by atoms with van der Waals surface area (Å²) in [6.45, 7) is 5.68. The highest BCUT2D eigenvalue weighted by Gasteiger charge is 2.06. The van der Waals surface area contributed by atoms with E-state index < -0.39 is 0 Å². The molecular formula is C12H22O2. The molecule has 0 saturated heterocycles. The lowest BCUT2D eigenvalue weighted by atomic mass is 10.1. The van der Waals surface area contributed by atoms with Crippen LogP contribution in [0, 0.1) is 0 Å². The second-order valence-corrected chi connectivity index (χ2v) is 3.49. The van der Waals surface area contributed by atoms with Crippen LogP contribution in [-0.2, 0) is 9.53 Å². The van der Waals surface area contributed by atoms with E-state index in [1.807, 2.05) is 6.92 Å². The number of unbranched alkanes of at least 4 members (excludes halogenated alkanes) is 2. The fourth-order valence-corrected chi connectivity index (χ4v) is 1.22. The topological polar surface area (TPSA) is 26.3 Å². The van der Waals surface area contributed by atoms with Gasteiger partial charge in [0.25, 0.3) is 0 Å². The molecule has 82 valence electrons. The highest BCUT2D eigenvalue weighted by atomic mass is 16.5. The Hall–Kier alpha value is -0.790. The van der Waals surface area contributed by atoms with Gasteiger partial charge in [0.05, 0.1) is 0 Å². The summed E-state index contributed by atoms with van der Waals surface area (Å²) in [5.41, 5.74) is 0. The molecule has 0 N–H and O–H groups in total. The van der Waals surface area contributed by atoms with Gasteiger partial charge in [-0.2, -0.15) is 0 Å². The van der Waals surface area contributed by atoms with Gasteiger partial charge >= 0.3 is 5.97 Å². The molecule has 0 bridgehead atoms. The summed E-state index contributed by atoms with van der Waals surface area (Å²) in [5, 5.41) is 0. The number of carbonyl (C=O) groups excluding carboxylic acids is 1. The molecule has 14 heavy (non-hydrogen) atoms. The smallest absolute Gasteiger partial charge is 0.302 e. The predicted molar refractivity (Wildman–Crippen MR) is 59.1 cm³/mol. The zero-order valence-electron chi connectivity index (χ0n) is 9.58. The normalized spacial score (nSPS) is 13.1. The van der Waals surface area contributed by atoms with Crippen LogP contribution in [0.5, 0.6) is 0 Å². The van der Waals surface area contributed by atoms with Crippen molar-refractivity contribution in [3.63, 3.8) is 0 Å². The van der Waals surface area contributed by atoms with Crippen molar-refractivity contribution in [1.29, 1.82) is 0 Å². The summed E-state index contributed by atoms with van der Waals surface area (Å²) in [4.78, 5) is 10.7. The molecule has 0 heterocycles. The van der Waals surface area contributed by atoms with Gasteiger partial charge in [-0.25, -0.2) is 0 Å². The fraction of sp³-hybridized carbons (Fsp3) is 0.750. The van der Waals surface area contributed by atoms with E-state index >= 15 is 0 Å². The minimum Gasteiger partial charge on any atom is -0.462 e. The molecule has 0 fully saturated rings. The van der Waals surface area contributed by atoms with Crippen LogP contribution in [-0.4, -0.2) is 12.1 Å². The fourth-order valence-electron chi connectivity index (χ4n) is 1.22. The number of allylic oxidation sites excluding steroid dienone is 1. The Kier molecular flexibility index (Phi) is 8.30. The van der Waals surface area contributed by atoms with Gasteiger partial charge in [0, 0.05) is 13.3 Å². The van der Waals surface area contributed by atoms with Gasteiger partial charge in [-0.15, -0.1) is 0 Å². The van der Waals surface area contributed by atoms with Crippen LogP contribution in [0.1, 0.15) is 52.9 Å². The van der Waals surface area contributed by atoms with E-state index in [0.29, 0.717) is 0 Å². The Balaban J connectivity index is 3.60. The lowest BCUT2D eigenvalue weighted by molar-refractivity contribution is -0.146. The number of rotatable bonds is 7. The van der Waals surface area contributed by atoms with Gasteiger partial charge in [-0.1, -0.05) is 38.8 Å². The first-order valence-electron chi connectivity index (χ1n) is 5.52. The predicted octanol–water partition coefficient (Wildman–Crippen LogP) is 3.46. The highest BCUT2D eigenvalue weighted by molar-refractivity contribution is 5.66. The van der Waals surface area contributed by atoms with Crippen LogP contribution in [0.3, 0.4) is 0 Å². The van der Waals surface area contributed by atoms with Crippen LogP contribution < -0.4 is 0 Å². The Bertz CT molecular complexity index is 173. The van der Waals surface area contributed by atoms with E-state index in [1.54, 1.807) is 0 Å². The maximum absolute atomic E-state index is 10.7. The number of hydrogen-bond acceptors (Lipinski definition) is 2. The first-order chi connectivity index (χ1) is 6.70. The molecule has 0 aromatic rings. The standard InChI is InChI=1S/C12H22O2/c1-4-6-7-8-9-10-12(5-2)14-11(3)13/h8-9,12H,4-7,10H2,1-3H3/b9-8-. The third kappa shape index (κ3) is 7.84. The first-order valence-corrected chi connectivity index (χ1v) is 5.52. The summed E-state index contributed by atoms with van der Waals surface area (Å²) in [5.74, 6) is -0.182. The summed E-state index contributed by atoms with van der Waals surface area (Å²) >= 11 is 0. The molecule has 0 radical (unpaired) electrons. The highest BCUT2D eigenvalue weighted by Crippen LogP contribution is 2.06. The first kappa shape index (κ1) is 13.2. The van der Waals surface area contributed by atoms with Crippen molar-refractivity contribution < 1.29 is 9.53 Å². The van der Waals surface area contributed by atoms with Gasteiger partial charge in [-0.3, -0.25) is 4.79 Å². The maximum atomic E-state index is 10.7. The number of ether oxygens (including phenoxy) is 1.